The van der Waals surface area contributed by atoms with Crippen LogP contribution in [0.1, 0.15) is 35.3 Å². The van der Waals surface area contributed by atoms with Gasteiger partial charge < -0.3 is 20.5 Å². The van der Waals surface area contributed by atoms with E-state index in [1.54, 1.807) is 10.9 Å². The highest BCUT2D eigenvalue weighted by atomic mass is 19.4. The number of unbranched alkanes of at least 4 members (excludes halogenated alkanes) is 1. The number of alkyl halides is 5. The maximum Gasteiger partial charge on any atom is 0.573 e. The first-order chi connectivity index (χ1) is 19.3. The summed E-state index contributed by atoms with van der Waals surface area (Å²) < 4.78 is 84.4. The molecule has 1 saturated heterocycles. The van der Waals surface area contributed by atoms with Crippen molar-refractivity contribution in [2.24, 2.45) is 0 Å². The number of ether oxygens (including phenoxy) is 1. The quantitative estimate of drug-likeness (QED) is 0.156. The minimum atomic E-state index is -4.94. The number of carbonyl (C=O) groups excluding carboxylic acids is 1. The third kappa shape index (κ3) is 9.31. The largest absolute Gasteiger partial charge is 0.573 e. The van der Waals surface area contributed by atoms with Crippen LogP contribution in [0.3, 0.4) is 0 Å². The Labute approximate surface area is 229 Å². The smallest absolute Gasteiger partial charge is 0.406 e. The molecule has 3 N–H and O–H groups in total. The number of nitrogens with one attached hydrogen (secondary N) is 2. The van der Waals surface area contributed by atoms with Gasteiger partial charge in [-0.2, -0.15) is 0 Å². The van der Waals surface area contributed by atoms with Crippen molar-refractivity contribution in [2.75, 3.05) is 25.0 Å². The van der Waals surface area contributed by atoms with Crippen molar-refractivity contribution >= 4 is 11.7 Å². The fraction of sp³-hybridized carbons (Fsp3) is 0.522. The maximum absolute atomic E-state index is 13.9. The molecular weight excluding hydrogens is 564 g/mol. The number of amides is 1. The zero-order valence-corrected chi connectivity index (χ0v) is 21.5. The number of rotatable bonds is 13. The highest BCUT2D eigenvalue weighted by molar-refractivity contribution is 5.91. The number of aryl methyl sites for hydroxylation is 2. The average Bonchev–Trinajstić information content (AvgIpc) is 3.61. The van der Waals surface area contributed by atoms with Crippen molar-refractivity contribution in [3.05, 3.63) is 47.7 Å². The first-order valence-corrected chi connectivity index (χ1v) is 12.5. The van der Waals surface area contributed by atoms with Gasteiger partial charge in [0.15, 0.2) is 11.5 Å². The Hall–Kier alpha value is -3.93. The fourth-order valence-electron chi connectivity index (χ4n) is 4.11. The molecule has 18 heteroatoms. The van der Waals surface area contributed by atoms with Gasteiger partial charge in [0.05, 0.1) is 18.9 Å². The topological polar surface area (TPSA) is 135 Å². The second-order valence-corrected chi connectivity index (χ2v) is 9.43. The standard InChI is InChI=1S/C23H27F6N9O3/c24-17-4-3-16(41-23(27,28)29)9-15(17)10-30-21(40)18-11-37(34-32-18)6-1-2-7-38-12-19(33-35-38)31-20(39)13-36-8-5-22(25,26)14-36/h3-4,9,11-12,20,31,39H,1-2,5-8,10,13-14H2,(H,30,40). The summed E-state index contributed by atoms with van der Waals surface area (Å²) in [6.45, 7) is 0.330. The van der Waals surface area contributed by atoms with Gasteiger partial charge in [-0.25, -0.2) is 13.2 Å². The first-order valence-electron chi connectivity index (χ1n) is 12.5. The molecular formula is C23H27F6N9O3. The van der Waals surface area contributed by atoms with E-state index in [1.807, 2.05) is 0 Å². The third-order valence-corrected chi connectivity index (χ3v) is 6.02. The van der Waals surface area contributed by atoms with Gasteiger partial charge in [0, 0.05) is 44.7 Å². The van der Waals surface area contributed by atoms with Crippen molar-refractivity contribution in [1.82, 2.24) is 40.2 Å². The van der Waals surface area contributed by atoms with Crippen LogP contribution in [0.4, 0.5) is 32.2 Å². The zero-order valence-electron chi connectivity index (χ0n) is 21.5. The molecule has 1 aliphatic heterocycles. The molecule has 0 bridgehead atoms. The van der Waals surface area contributed by atoms with Gasteiger partial charge in [0.1, 0.15) is 17.8 Å². The summed E-state index contributed by atoms with van der Waals surface area (Å²) in [4.78, 5) is 13.8. The van der Waals surface area contributed by atoms with Crippen LogP contribution in [0.5, 0.6) is 5.75 Å². The Kier molecular flexibility index (Phi) is 9.31. The number of nitrogens with zero attached hydrogens (tertiary/aromatic N) is 7. The molecule has 4 rings (SSSR count). The Bertz CT molecular complexity index is 1320. The van der Waals surface area contributed by atoms with Gasteiger partial charge in [0.2, 0.25) is 0 Å². The molecule has 3 heterocycles. The van der Waals surface area contributed by atoms with Crippen LogP contribution in [0.25, 0.3) is 0 Å². The molecule has 1 aliphatic rings. The predicted octanol–water partition coefficient (Wildman–Crippen LogP) is 2.39. The number of benzene rings is 1. The van der Waals surface area contributed by atoms with Crippen LogP contribution >= 0.6 is 0 Å². The Morgan fingerprint density at radius 2 is 1.83 bits per heavy atom. The Balaban J connectivity index is 1.16. The lowest BCUT2D eigenvalue weighted by molar-refractivity contribution is -0.274. The first kappa shape index (κ1) is 30.0. The van der Waals surface area contributed by atoms with Crippen LogP contribution in [0.15, 0.2) is 30.6 Å². The number of anilines is 1. The Morgan fingerprint density at radius 1 is 1.12 bits per heavy atom. The van der Waals surface area contributed by atoms with E-state index in [0.717, 1.165) is 18.2 Å². The molecule has 0 saturated carbocycles. The van der Waals surface area contributed by atoms with Gasteiger partial charge in [-0.1, -0.05) is 10.4 Å². The molecule has 1 unspecified atom stereocenters. The monoisotopic (exact) mass is 591 g/mol. The molecule has 224 valence electrons. The molecule has 0 spiro atoms. The molecule has 2 aromatic heterocycles. The SMILES string of the molecule is O=C(NCc1cc(OC(F)(F)F)ccc1F)c1cn(CCCCn2cc(NC(O)CN3CCC(F)(F)C3)nn2)nn1. The summed E-state index contributed by atoms with van der Waals surface area (Å²) in [6.07, 6.45) is -2.03. The highest BCUT2D eigenvalue weighted by Gasteiger charge is 2.38. The predicted molar refractivity (Wildman–Crippen MR) is 129 cm³/mol. The minimum absolute atomic E-state index is 0.0291. The average molecular weight is 592 g/mol. The summed E-state index contributed by atoms with van der Waals surface area (Å²) in [5.74, 6) is -4.56. The summed E-state index contributed by atoms with van der Waals surface area (Å²) in [6, 6.07) is 2.47. The van der Waals surface area contributed by atoms with Gasteiger partial charge in [0.25, 0.3) is 11.8 Å². The lowest BCUT2D eigenvalue weighted by atomic mass is 10.2. The van der Waals surface area contributed by atoms with E-state index in [9.17, 15) is 36.2 Å². The van der Waals surface area contributed by atoms with E-state index >= 15 is 0 Å². The normalized spacial score (nSPS) is 16.1. The van der Waals surface area contributed by atoms with E-state index < -0.39 is 49.1 Å². The van der Waals surface area contributed by atoms with E-state index in [1.165, 1.54) is 15.8 Å². The second-order valence-electron chi connectivity index (χ2n) is 9.43. The van der Waals surface area contributed by atoms with Crippen LogP contribution in [0, 0.1) is 5.82 Å². The van der Waals surface area contributed by atoms with Crippen LogP contribution in [0.2, 0.25) is 0 Å². The summed E-state index contributed by atoms with van der Waals surface area (Å²) in [5.41, 5.74) is -0.263. The summed E-state index contributed by atoms with van der Waals surface area (Å²) >= 11 is 0. The number of likely N-dealkylation sites (tertiary alicyclic amines) is 1. The number of aliphatic hydroxyl groups excluding tert-OH is 1. The third-order valence-electron chi connectivity index (χ3n) is 6.02. The molecule has 1 atom stereocenters. The van der Waals surface area contributed by atoms with E-state index in [0.29, 0.717) is 31.7 Å². The van der Waals surface area contributed by atoms with Crippen molar-refractivity contribution in [3.8, 4) is 5.75 Å². The molecule has 1 fully saturated rings. The lowest BCUT2D eigenvalue weighted by Gasteiger charge is -2.20. The van der Waals surface area contributed by atoms with Crippen molar-refractivity contribution < 1.29 is 41.0 Å². The number of aliphatic hydroxyl groups is 1. The second kappa shape index (κ2) is 12.7. The van der Waals surface area contributed by atoms with Gasteiger partial charge in [-0.3, -0.25) is 19.1 Å². The minimum Gasteiger partial charge on any atom is -0.406 e. The van der Waals surface area contributed by atoms with Crippen molar-refractivity contribution in [3.63, 3.8) is 0 Å². The summed E-state index contributed by atoms with van der Waals surface area (Å²) in [7, 11) is 0. The van der Waals surface area contributed by atoms with Crippen LogP contribution in [-0.2, 0) is 19.6 Å². The molecule has 3 aromatic rings. The fourth-order valence-corrected chi connectivity index (χ4v) is 4.11. The van der Waals surface area contributed by atoms with E-state index in [-0.39, 0.29) is 30.8 Å². The molecule has 1 aromatic carbocycles. The highest BCUT2D eigenvalue weighted by Crippen LogP contribution is 2.27. The zero-order chi connectivity index (χ0) is 29.6. The molecule has 0 radical (unpaired) electrons. The number of hydrogen-bond donors (Lipinski definition) is 3. The Morgan fingerprint density at radius 3 is 2.51 bits per heavy atom. The molecule has 12 nitrogen and oxygen atoms in total. The number of β-amino-alcohol motifs (C(OH)–C–C–N with tert-alkyl or cyclic N) is 1. The molecule has 41 heavy (non-hydrogen) atoms. The number of halogens is 6. The molecule has 1 amide bonds. The van der Waals surface area contributed by atoms with E-state index in [4.69, 9.17) is 0 Å². The van der Waals surface area contributed by atoms with E-state index in [2.05, 4.69) is 36.0 Å². The van der Waals surface area contributed by atoms with Crippen molar-refractivity contribution in [1.29, 1.82) is 0 Å². The summed E-state index contributed by atoms with van der Waals surface area (Å²) in [5, 5.41) is 30.7. The number of aromatic nitrogens is 6. The van der Waals surface area contributed by atoms with Gasteiger partial charge in [-0.05, 0) is 31.0 Å². The molecule has 0 aliphatic carbocycles. The van der Waals surface area contributed by atoms with Crippen LogP contribution < -0.4 is 15.4 Å². The van der Waals surface area contributed by atoms with Crippen LogP contribution in [-0.4, -0.2) is 84.0 Å². The van der Waals surface area contributed by atoms with Gasteiger partial charge >= 0.3 is 6.36 Å². The lowest BCUT2D eigenvalue weighted by Crippen LogP contribution is -2.36. The van der Waals surface area contributed by atoms with Crippen molar-refractivity contribution in [2.45, 2.75) is 57.4 Å². The van der Waals surface area contributed by atoms with Gasteiger partial charge in [-0.15, -0.1) is 23.4 Å². The number of carbonyl (C=O) groups is 1. The number of hydrogen-bond acceptors (Lipinski definition) is 9. The maximum atomic E-state index is 13.9.